The zero-order valence-corrected chi connectivity index (χ0v) is 12.6. The van der Waals surface area contributed by atoms with Crippen molar-refractivity contribution in [1.29, 1.82) is 0 Å². The molecule has 18 heavy (non-hydrogen) atoms. The van der Waals surface area contributed by atoms with E-state index in [1.165, 1.54) is 49.4 Å². The molecule has 0 spiro atoms. The van der Waals surface area contributed by atoms with Crippen LogP contribution >= 0.6 is 11.8 Å². The number of aliphatic imine (C=N–C) groups is 1. The van der Waals surface area contributed by atoms with Gasteiger partial charge in [0.05, 0.1) is 0 Å². The van der Waals surface area contributed by atoms with Gasteiger partial charge in [0.2, 0.25) is 0 Å². The van der Waals surface area contributed by atoms with Crippen molar-refractivity contribution < 1.29 is 0 Å². The van der Waals surface area contributed by atoms with Crippen molar-refractivity contribution in [3.8, 4) is 0 Å². The van der Waals surface area contributed by atoms with Gasteiger partial charge < -0.3 is 5.32 Å². The molecule has 3 rings (SSSR count). The molecule has 1 heterocycles. The van der Waals surface area contributed by atoms with Crippen LogP contribution in [0.5, 0.6) is 0 Å². The molecule has 2 unspecified atom stereocenters. The molecular formula is C15H26N2S. The van der Waals surface area contributed by atoms with Gasteiger partial charge in [-0.05, 0) is 42.9 Å². The fourth-order valence-corrected chi connectivity index (χ4v) is 4.54. The van der Waals surface area contributed by atoms with Gasteiger partial charge in [-0.1, -0.05) is 38.5 Å². The Morgan fingerprint density at radius 3 is 2.83 bits per heavy atom. The molecule has 1 saturated heterocycles. The highest BCUT2D eigenvalue weighted by molar-refractivity contribution is 8.13. The molecule has 3 aliphatic rings. The van der Waals surface area contributed by atoms with Gasteiger partial charge in [0.1, 0.15) is 0 Å². The standard InChI is InChI=1S/C15H26N2S/c1-11(2)15(7-8-15)10-16-14-17-13-6-4-3-5-12(13)9-18-14/h11-13H,3-10H2,1-2H3,(H,16,17). The SMILES string of the molecule is CC(C)C1(CN=C2NC3CCCCC3CS2)CC1. The van der Waals surface area contributed by atoms with E-state index in [4.69, 9.17) is 4.99 Å². The molecule has 0 aromatic rings. The summed E-state index contributed by atoms with van der Waals surface area (Å²) in [5, 5.41) is 4.95. The third-order valence-electron chi connectivity index (χ3n) is 5.31. The van der Waals surface area contributed by atoms with Crippen molar-refractivity contribution in [1.82, 2.24) is 5.32 Å². The monoisotopic (exact) mass is 266 g/mol. The summed E-state index contributed by atoms with van der Waals surface area (Å²) in [6, 6.07) is 0.730. The van der Waals surface area contributed by atoms with E-state index in [2.05, 4.69) is 19.2 Å². The Hall–Kier alpha value is -0.180. The van der Waals surface area contributed by atoms with Crippen molar-refractivity contribution in [2.45, 2.75) is 58.4 Å². The van der Waals surface area contributed by atoms with Gasteiger partial charge in [-0.25, -0.2) is 0 Å². The Kier molecular flexibility index (Phi) is 3.61. The molecule has 2 saturated carbocycles. The highest BCUT2D eigenvalue weighted by Crippen LogP contribution is 2.52. The van der Waals surface area contributed by atoms with Crippen LogP contribution in [-0.4, -0.2) is 23.5 Å². The first kappa shape index (κ1) is 12.8. The van der Waals surface area contributed by atoms with Gasteiger partial charge in [-0.15, -0.1) is 0 Å². The molecule has 0 bridgehead atoms. The average molecular weight is 266 g/mol. The first-order chi connectivity index (χ1) is 8.70. The maximum absolute atomic E-state index is 4.90. The summed E-state index contributed by atoms with van der Waals surface area (Å²) < 4.78 is 0. The summed E-state index contributed by atoms with van der Waals surface area (Å²) in [5.41, 5.74) is 0.554. The molecule has 1 N–H and O–H groups in total. The highest BCUT2D eigenvalue weighted by Gasteiger charge is 2.45. The number of thioether (sulfide) groups is 1. The van der Waals surface area contributed by atoms with Crippen LogP contribution < -0.4 is 5.32 Å². The maximum atomic E-state index is 4.90. The molecule has 1 aliphatic heterocycles. The van der Waals surface area contributed by atoms with Crippen LogP contribution in [0.4, 0.5) is 0 Å². The van der Waals surface area contributed by atoms with E-state index in [1.54, 1.807) is 0 Å². The summed E-state index contributed by atoms with van der Waals surface area (Å²) in [6.07, 6.45) is 8.40. The largest absolute Gasteiger partial charge is 0.362 e. The molecule has 0 aromatic heterocycles. The summed E-state index contributed by atoms with van der Waals surface area (Å²) in [6.45, 7) is 5.76. The Morgan fingerprint density at radius 1 is 1.33 bits per heavy atom. The van der Waals surface area contributed by atoms with E-state index in [-0.39, 0.29) is 0 Å². The predicted octanol–water partition coefficient (Wildman–Crippen LogP) is 3.67. The molecule has 3 fully saturated rings. The van der Waals surface area contributed by atoms with E-state index in [9.17, 15) is 0 Å². The van der Waals surface area contributed by atoms with Crippen LogP contribution in [0.15, 0.2) is 4.99 Å². The molecule has 3 heteroatoms. The number of nitrogens with one attached hydrogen (secondary N) is 1. The summed E-state index contributed by atoms with van der Waals surface area (Å²) in [7, 11) is 0. The Labute approximate surface area is 115 Å². The molecular weight excluding hydrogens is 240 g/mol. The summed E-state index contributed by atoms with van der Waals surface area (Å²) >= 11 is 1.97. The summed E-state index contributed by atoms with van der Waals surface area (Å²) in [5.74, 6) is 2.99. The number of hydrogen-bond donors (Lipinski definition) is 1. The molecule has 102 valence electrons. The zero-order chi connectivity index (χ0) is 12.6. The Bertz CT molecular complexity index is 333. The topological polar surface area (TPSA) is 24.4 Å². The second-order valence-electron chi connectivity index (χ2n) is 6.74. The Morgan fingerprint density at radius 2 is 2.11 bits per heavy atom. The van der Waals surface area contributed by atoms with Gasteiger partial charge in [-0.3, -0.25) is 4.99 Å². The molecule has 2 atom stereocenters. The fourth-order valence-electron chi connectivity index (χ4n) is 3.38. The van der Waals surface area contributed by atoms with Crippen molar-refractivity contribution >= 4 is 16.9 Å². The van der Waals surface area contributed by atoms with Crippen LogP contribution in [0, 0.1) is 17.3 Å². The van der Waals surface area contributed by atoms with Crippen molar-refractivity contribution in [2.24, 2.45) is 22.2 Å². The Balaban J connectivity index is 1.57. The normalized spacial score (nSPS) is 36.3. The van der Waals surface area contributed by atoms with Gasteiger partial charge in [0, 0.05) is 18.3 Å². The van der Waals surface area contributed by atoms with Crippen LogP contribution in [0.2, 0.25) is 0 Å². The predicted molar refractivity (Wildman–Crippen MR) is 80.1 cm³/mol. The maximum Gasteiger partial charge on any atom is 0.156 e. The molecule has 0 amide bonds. The number of fused-ring (bicyclic) bond motifs is 1. The van der Waals surface area contributed by atoms with E-state index < -0.39 is 0 Å². The fraction of sp³-hybridized carbons (Fsp3) is 0.933. The van der Waals surface area contributed by atoms with E-state index in [1.807, 2.05) is 11.8 Å². The second kappa shape index (κ2) is 5.07. The van der Waals surface area contributed by atoms with Gasteiger partial charge in [0.15, 0.2) is 5.17 Å². The van der Waals surface area contributed by atoms with E-state index >= 15 is 0 Å². The van der Waals surface area contributed by atoms with Gasteiger partial charge in [-0.2, -0.15) is 0 Å². The lowest BCUT2D eigenvalue weighted by molar-refractivity contribution is 0.310. The van der Waals surface area contributed by atoms with Gasteiger partial charge in [0.25, 0.3) is 0 Å². The number of rotatable bonds is 3. The lowest BCUT2D eigenvalue weighted by Crippen LogP contribution is -2.46. The van der Waals surface area contributed by atoms with Crippen LogP contribution in [0.3, 0.4) is 0 Å². The first-order valence-electron chi connectivity index (χ1n) is 7.63. The minimum absolute atomic E-state index is 0.554. The van der Waals surface area contributed by atoms with Crippen molar-refractivity contribution in [3.05, 3.63) is 0 Å². The van der Waals surface area contributed by atoms with E-state index in [0.29, 0.717) is 5.41 Å². The quantitative estimate of drug-likeness (QED) is 0.843. The highest BCUT2D eigenvalue weighted by atomic mass is 32.2. The number of nitrogens with zero attached hydrogens (tertiary/aromatic N) is 1. The average Bonchev–Trinajstić information content (AvgIpc) is 3.17. The number of hydrogen-bond acceptors (Lipinski definition) is 2. The van der Waals surface area contributed by atoms with Crippen LogP contribution in [-0.2, 0) is 0 Å². The molecule has 0 radical (unpaired) electrons. The smallest absolute Gasteiger partial charge is 0.156 e. The lowest BCUT2D eigenvalue weighted by atomic mass is 9.86. The first-order valence-corrected chi connectivity index (χ1v) is 8.62. The van der Waals surface area contributed by atoms with Crippen molar-refractivity contribution in [2.75, 3.05) is 12.3 Å². The molecule has 2 nitrogen and oxygen atoms in total. The minimum atomic E-state index is 0.554. The number of amidine groups is 1. The zero-order valence-electron chi connectivity index (χ0n) is 11.7. The van der Waals surface area contributed by atoms with Crippen LogP contribution in [0.25, 0.3) is 0 Å². The van der Waals surface area contributed by atoms with E-state index in [0.717, 1.165) is 24.4 Å². The van der Waals surface area contributed by atoms with Crippen molar-refractivity contribution in [3.63, 3.8) is 0 Å². The minimum Gasteiger partial charge on any atom is -0.362 e. The molecule has 2 aliphatic carbocycles. The third-order valence-corrected chi connectivity index (χ3v) is 6.42. The van der Waals surface area contributed by atoms with Crippen LogP contribution in [0.1, 0.15) is 52.4 Å². The third kappa shape index (κ3) is 2.56. The lowest BCUT2D eigenvalue weighted by Gasteiger charge is -2.37. The summed E-state index contributed by atoms with van der Waals surface area (Å²) in [4.78, 5) is 4.90. The second-order valence-corrected chi connectivity index (χ2v) is 7.75. The molecule has 0 aromatic carbocycles. The van der Waals surface area contributed by atoms with Gasteiger partial charge >= 0.3 is 0 Å².